The van der Waals surface area contributed by atoms with Crippen LogP contribution in [0.1, 0.15) is 24.2 Å². The number of aromatic nitrogens is 1. The van der Waals surface area contributed by atoms with E-state index in [0.29, 0.717) is 11.3 Å². The van der Waals surface area contributed by atoms with E-state index in [1.807, 2.05) is 26.0 Å². The van der Waals surface area contributed by atoms with Gasteiger partial charge < -0.3 is 20.1 Å². The molecule has 1 saturated heterocycles. The highest BCUT2D eigenvalue weighted by molar-refractivity contribution is 6.32. The van der Waals surface area contributed by atoms with Crippen molar-refractivity contribution in [2.45, 2.75) is 26.1 Å². The van der Waals surface area contributed by atoms with Gasteiger partial charge in [-0.1, -0.05) is 11.6 Å². The molecule has 2 aromatic rings. The van der Waals surface area contributed by atoms with E-state index in [1.165, 1.54) is 18.2 Å². The smallest absolute Gasteiger partial charge is 0.255 e. The number of ether oxygens (including phenoxy) is 1. The van der Waals surface area contributed by atoms with Gasteiger partial charge >= 0.3 is 0 Å². The van der Waals surface area contributed by atoms with Gasteiger partial charge in [0.2, 0.25) is 0 Å². The van der Waals surface area contributed by atoms with Crippen molar-refractivity contribution in [1.82, 2.24) is 4.98 Å². The van der Waals surface area contributed by atoms with E-state index in [-0.39, 0.29) is 28.9 Å². The zero-order valence-corrected chi connectivity index (χ0v) is 14.8. The standard InChI is InChI=1S/C18H20ClN3O3/c1-11-9-22(10-12(2)25-11)17-6-4-14(8-20-17)21-18(24)13-3-5-16(23)15(19)7-13/h3-8,11-12,23H,9-10H2,1-2H3,(H,21,24)/t11-,12+. The summed E-state index contributed by atoms with van der Waals surface area (Å²) in [6.45, 7) is 5.66. The minimum Gasteiger partial charge on any atom is -0.506 e. The van der Waals surface area contributed by atoms with Gasteiger partial charge in [0.25, 0.3) is 5.91 Å². The molecule has 0 spiro atoms. The van der Waals surface area contributed by atoms with Gasteiger partial charge in [-0.2, -0.15) is 0 Å². The second-order valence-corrected chi connectivity index (χ2v) is 6.59. The first-order chi connectivity index (χ1) is 11.9. The van der Waals surface area contributed by atoms with Gasteiger partial charge in [0, 0.05) is 18.7 Å². The first kappa shape index (κ1) is 17.5. The molecule has 1 aliphatic heterocycles. The fourth-order valence-electron chi connectivity index (χ4n) is 2.86. The van der Waals surface area contributed by atoms with Gasteiger partial charge in [-0.25, -0.2) is 4.98 Å². The van der Waals surface area contributed by atoms with Crippen molar-refractivity contribution in [2.75, 3.05) is 23.3 Å². The summed E-state index contributed by atoms with van der Waals surface area (Å²) in [4.78, 5) is 18.9. The van der Waals surface area contributed by atoms with Crippen molar-refractivity contribution in [3.8, 4) is 5.75 Å². The Balaban J connectivity index is 1.68. The van der Waals surface area contributed by atoms with Gasteiger partial charge in [0.05, 0.1) is 29.1 Å². The number of hydrogen-bond donors (Lipinski definition) is 2. The van der Waals surface area contributed by atoms with Crippen molar-refractivity contribution in [2.24, 2.45) is 0 Å². The third-order valence-corrected chi connectivity index (χ3v) is 4.26. The number of rotatable bonds is 3. The number of carbonyl (C=O) groups is 1. The summed E-state index contributed by atoms with van der Waals surface area (Å²) in [5.41, 5.74) is 0.954. The summed E-state index contributed by atoms with van der Waals surface area (Å²) in [7, 11) is 0. The molecule has 1 amide bonds. The molecule has 132 valence electrons. The Morgan fingerprint density at radius 2 is 2.00 bits per heavy atom. The first-order valence-corrected chi connectivity index (χ1v) is 8.46. The lowest BCUT2D eigenvalue weighted by Crippen LogP contribution is -2.45. The van der Waals surface area contributed by atoms with Gasteiger partial charge in [-0.05, 0) is 44.2 Å². The third kappa shape index (κ3) is 4.21. The highest BCUT2D eigenvalue weighted by Gasteiger charge is 2.23. The maximum atomic E-state index is 12.2. The molecule has 1 fully saturated rings. The average molecular weight is 362 g/mol. The number of amides is 1. The molecule has 0 aliphatic carbocycles. The predicted molar refractivity (Wildman–Crippen MR) is 97.5 cm³/mol. The Kier molecular flexibility index (Phi) is 5.11. The molecule has 2 N–H and O–H groups in total. The minimum absolute atomic E-state index is 0.0572. The van der Waals surface area contributed by atoms with Crippen LogP contribution in [0.5, 0.6) is 5.75 Å². The van der Waals surface area contributed by atoms with Crippen LogP contribution in [0.3, 0.4) is 0 Å². The summed E-state index contributed by atoms with van der Waals surface area (Å²) >= 11 is 5.83. The fourth-order valence-corrected chi connectivity index (χ4v) is 3.04. The molecule has 0 bridgehead atoms. The second-order valence-electron chi connectivity index (χ2n) is 6.19. The van der Waals surface area contributed by atoms with E-state index >= 15 is 0 Å². The lowest BCUT2D eigenvalue weighted by molar-refractivity contribution is -0.00545. The number of carbonyl (C=O) groups excluding carboxylic acids is 1. The van der Waals surface area contributed by atoms with Crippen LogP contribution in [-0.4, -0.2) is 41.3 Å². The molecule has 7 heteroatoms. The normalized spacial score (nSPS) is 20.4. The molecular formula is C18H20ClN3O3. The van der Waals surface area contributed by atoms with E-state index in [2.05, 4.69) is 15.2 Å². The van der Waals surface area contributed by atoms with E-state index in [0.717, 1.165) is 18.9 Å². The molecular weight excluding hydrogens is 342 g/mol. The molecule has 2 heterocycles. The number of nitrogens with one attached hydrogen (secondary N) is 1. The number of anilines is 2. The maximum absolute atomic E-state index is 12.2. The molecule has 0 radical (unpaired) electrons. The second kappa shape index (κ2) is 7.29. The number of phenols is 1. The Morgan fingerprint density at radius 1 is 1.28 bits per heavy atom. The van der Waals surface area contributed by atoms with Crippen molar-refractivity contribution in [3.05, 3.63) is 47.1 Å². The highest BCUT2D eigenvalue weighted by atomic mass is 35.5. The van der Waals surface area contributed by atoms with Crippen LogP contribution in [0.4, 0.5) is 11.5 Å². The number of halogens is 1. The van der Waals surface area contributed by atoms with Crippen molar-refractivity contribution >= 4 is 29.0 Å². The zero-order valence-electron chi connectivity index (χ0n) is 14.1. The minimum atomic E-state index is -0.315. The summed E-state index contributed by atoms with van der Waals surface area (Å²) < 4.78 is 5.73. The SMILES string of the molecule is C[C@@H]1CN(c2ccc(NC(=O)c3ccc(O)c(Cl)c3)cn2)C[C@H](C)O1. The summed E-state index contributed by atoms with van der Waals surface area (Å²) in [5, 5.41) is 12.3. The fraction of sp³-hybridized carbons (Fsp3) is 0.333. The largest absolute Gasteiger partial charge is 0.506 e. The molecule has 0 unspecified atom stereocenters. The third-order valence-electron chi connectivity index (χ3n) is 3.96. The van der Waals surface area contributed by atoms with E-state index in [1.54, 1.807) is 6.20 Å². The van der Waals surface area contributed by atoms with Crippen molar-refractivity contribution in [3.63, 3.8) is 0 Å². The van der Waals surface area contributed by atoms with Crippen LogP contribution >= 0.6 is 11.6 Å². The molecule has 2 atom stereocenters. The van der Waals surface area contributed by atoms with Crippen LogP contribution in [-0.2, 0) is 4.74 Å². The molecule has 1 aliphatic rings. The van der Waals surface area contributed by atoms with Gasteiger partial charge in [0.1, 0.15) is 11.6 Å². The van der Waals surface area contributed by atoms with Crippen LogP contribution < -0.4 is 10.2 Å². The number of aromatic hydroxyl groups is 1. The summed E-state index contributed by atoms with van der Waals surface area (Å²) in [5.74, 6) is 0.482. The maximum Gasteiger partial charge on any atom is 0.255 e. The molecule has 0 saturated carbocycles. The molecule has 1 aromatic carbocycles. The van der Waals surface area contributed by atoms with Gasteiger partial charge in [-0.15, -0.1) is 0 Å². The number of benzene rings is 1. The van der Waals surface area contributed by atoms with E-state index < -0.39 is 0 Å². The lowest BCUT2D eigenvalue weighted by Gasteiger charge is -2.36. The first-order valence-electron chi connectivity index (χ1n) is 8.08. The van der Waals surface area contributed by atoms with Crippen LogP contribution in [0.25, 0.3) is 0 Å². The molecule has 6 nitrogen and oxygen atoms in total. The van der Waals surface area contributed by atoms with Crippen LogP contribution in [0.2, 0.25) is 5.02 Å². The van der Waals surface area contributed by atoms with Gasteiger partial charge in [-0.3, -0.25) is 4.79 Å². The van der Waals surface area contributed by atoms with Crippen LogP contribution in [0, 0.1) is 0 Å². The Morgan fingerprint density at radius 3 is 2.60 bits per heavy atom. The topological polar surface area (TPSA) is 74.7 Å². The number of pyridine rings is 1. The van der Waals surface area contributed by atoms with E-state index in [9.17, 15) is 9.90 Å². The summed E-state index contributed by atoms with van der Waals surface area (Å²) in [6.07, 6.45) is 1.94. The van der Waals surface area contributed by atoms with Crippen LogP contribution in [0.15, 0.2) is 36.5 Å². The number of phenolic OH excluding ortho intramolecular Hbond substituents is 1. The van der Waals surface area contributed by atoms with Gasteiger partial charge in [0.15, 0.2) is 0 Å². The molecule has 1 aromatic heterocycles. The van der Waals surface area contributed by atoms with E-state index in [4.69, 9.17) is 16.3 Å². The number of nitrogens with zero attached hydrogens (tertiary/aromatic N) is 2. The van der Waals surface area contributed by atoms with Crippen molar-refractivity contribution < 1.29 is 14.6 Å². The molecule has 25 heavy (non-hydrogen) atoms. The molecule has 3 rings (SSSR count). The number of hydrogen-bond acceptors (Lipinski definition) is 5. The average Bonchev–Trinajstić information content (AvgIpc) is 2.57. The highest BCUT2D eigenvalue weighted by Crippen LogP contribution is 2.24. The Labute approximate surface area is 151 Å². The zero-order chi connectivity index (χ0) is 18.0. The lowest BCUT2D eigenvalue weighted by atomic mass is 10.2. The Hall–Kier alpha value is -2.31. The predicted octanol–water partition coefficient (Wildman–Crippen LogP) is 3.31. The monoisotopic (exact) mass is 361 g/mol. The Bertz CT molecular complexity index is 757. The summed E-state index contributed by atoms with van der Waals surface area (Å²) in [6, 6.07) is 8.01. The van der Waals surface area contributed by atoms with Crippen molar-refractivity contribution in [1.29, 1.82) is 0 Å². The number of morpholine rings is 1. The quantitative estimate of drug-likeness (QED) is 0.877.